The molecule has 3 heterocycles. The Morgan fingerprint density at radius 1 is 1.28 bits per heavy atom. The van der Waals surface area contributed by atoms with Crippen molar-refractivity contribution in [2.75, 3.05) is 5.32 Å². The molecule has 1 aliphatic heterocycles. The number of aromatic nitrogens is 6. The number of benzene rings is 1. The molecule has 2 aromatic heterocycles. The highest BCUT2D eigenvalue weighted by molar-refractivity contribution is 5.91. The van der Waals surface area contributed by atoms with Crippen molar-refractivity contribution in [3.8, 4) is 5.69 Å². The number of aliphatic carboxylic acids is 1. The number of carboxylic acids is 1. The molecule has 25 heavy (non-hydrogen) atoms. The standard InChI is InChI=1S/C16H15N7O2/c1-9-13(15(24)25)14(23-16(18-9)19-20-21-23)11-5-3-4-6-12(11)22-8-7-17-10(22)2/h3-8,14H,1-2H3,(H,24,25)(H,18,19,21). The summed E-state index contributed by atoms with van der Waals surface area (Å²) < 4.78 is 3.40. The highest BCUT2D eigenvalue weighted by atomic mass is 16.4. The van der Waals surface area contributed by atoms with Crippen LogP contribution in [-0.4, -0.2) is 40.8 Å². The van der Waals surface area contributed by atoms with Gasteiger partial charge in [0.25, 0.3) is 0 Å². The second-order valence-corrected chi connectivity index (χ2v) is 5.72. The minimum absolute atomic E-state index is 0.199. The van der Waals surface area contributed by atoms with Gasteiger partial charge in [-0.2, -0.15) is 4.68 Å². The Morgan fingerprint density at radius 2 is 2.08 bits per heavy atom. The van der Waals surface area contributed by atoms with Gasteiger partial charge in [0.1, 0.15) is 11.9 Å². The molecule has 9 heteroatoms. The van der Waals surface area contributed by atoms with Gasteiger partial charge < -0.3 is 15.0 Å². The molecule has 126 valence electrons. The lowest BCUT2D eigenvalue weighted by Crippen LogP contribution is -2.29. The fourth-order valence-electron chi connectivity index (χ4n) is 3.15. The average molecular weight is 337 g/mol. The molecule has 0 amide bonds. The number of carboxylic acid groups (broad SMARTS) is 1. The smallest absolute Gasteiger partial charge is 0.335 e. The highest BCUT2D eigenvalue weighted by Crippen LogP contribution is 2.37. The van der Waals surface area contributed by atoms with Crippen molar-refractivity contribution in [1.29, 1.82) is 0 Å². The number of allylic oxidation sites excluding steroid dienone is 1. The molecule has 0 spiro atoms. The molecule has 1 aromatic carbocycles. The van der Waals surface area contributed by atoms with Crippen molar-refractivity contribution in [2.45, 2.75) is 19.9 Å². The van der Waals surface area contributed by atoms with Crippen LogP contribution >= 0.6 is 0 Å². The van der Waals surface area contributed by atoms with Crippen molar-refractivity contribution in [3.63, 3.8) is 0 Å². The number of nitrogens with zero attached hydrogens (tertiary/aromatic N) is 6. The van der Waals surface area contributed by atoms with Crippen molar-refractivity contribution in [2.24, 2.45) is 0 Å². The zero-order valence-electron chi connectivity index (χ0n) is 13.6. The number of aryl methyl sites for hydroxylation is 1. The molecule has 9 nitrogen and oxygen atoms in total. The van der Waals surface area contributed by atoms with Gasteiger partial charge >= 0.3 is 5.97 Å². The number of carbonyl (C=O) groups is 1. The van der Waals surface area contributed by atoms with E-state index < -0.39 is 12.0 Å². The summed E-state index contributed by atoms with van der Waals surface area (Å²) in [5.74, 6) is 0.189. The van der Waals surface area contributed by atoms with Crippen LogP contribution in [0.15, 0.2) is 47.9 Å². The number of hydrogen-bond acceptors (Lipinski definition) is 6. The SMILES string of the molecule is CC1=C(C(=O)O)C(c2ccccc2-n2ccnc2C)n2nnnc2N1. The Hall–Kier alpha value is -3.49. The van der Waals surface area contributed by atoms with Gasteiger partial charge in [0.15, 0.2) is 0 Å². The molecule has 2 N–H and O–H groups in total. The van der Waals surface area contributed by atoms with Gasteiger partial charge in [-0.1, -0.05) is 23.3 Å². The predicted molar refractivity (Wildman–Crippen MR) is 88.2 cm³/mol. The molecule has 4 rings (SSSR count). The molecule has 0 bridgehead atoms. The zero-order chi connectivity index (χ0) is 17.6. The van der Waals surface area contributed by atoms with E-state index in [1.807, 2.05) is 42.0 Å². The number of imidazole rings is 1. The van der Waals surface area contributed by atoms with Crippen LogP contribution in [0.3, 0.4) is 0 Å². The van der Waals surface area contributed by atoms with Crippen LogP contribution in [0.5, 0.6) is 0 Å². The largest absolute Gasteiger partial charge is 0.478 e. The summed E-state index contributed by atoms with van der Waals surface area (Å²) in [6.07, 6.45) is 3.54. The van der Waals surface area contributed by atoms with Crippen molar-refractivity contribution < 1.29 is 9.90 Å². The van der Waals surface area contributed by atoms with Gasteiger partial charge in [-0.15, -0.1) is 0 Å². The summed E-state index contributed by atoms with van der Waals surface area (Å²) in [4.78, 5) is 16.2. The molecule has 0 saturated heterocycles. The molecular weight excluding hydrogens is 322 g/mol. The minimum atomic E-state index is -1.02. The van der Waals surface area contributed by atoms with E-state index in [9.17, 15) is 9.90 Å². The topological polar surface area (TPSA) is 111 Å². The highest BCUT2D eigenvalue weighted by Gasteiger charge is 2.35. The minimum Gasteiger partial charge on any atom is -0.478 e. The van der Waals surface area contributed by atoms with Crippen LogP contribution in [0.25, 0.3) is 5.69 Å². The molecule has 1 unspecified atom stereocenters. The zero-order valence-corrected chi connectivity index (χ0v) is 13.6. The number of fused-ring (bicyclic) bond motifs is 1. The monoisotopic (exact) mass is 337 g/mol. The predicted octanol–water partition coefficient (Wildman–Crippen LogP) is 1.54. The Bertz CT molecular complexity index is 1000. The fourth-order valence-corrected chi connectivity index (χ4v) is 3.15. The second-order valence-electron chi connectivity index (χ2n) is 5.72. The first kappa shape index (κ1) is 15.1. The molecule has 1 aliphatic rings. The van der Waals surface area contributed by atoms with Gasteiger partial charge in [0, 0.05) is 23.7 Å². The quantitative estimate of drug-likeness (QED) is 0.745. The molecule has 0 aliphatic carbocycles. The lowest BCUT2D eigenvalue weighted by molar-refractivity contribution is -0.133. The summed E-state index contributed by atoms with van der Waals surface area (Å²) >= 11 is 0. The first-order chi connectivity index (χ1) is 12.1. The van der Waals surface area contributed by atoms with E-state index in [-0.39, 0.29) is 5.57 Å². The summed E-state index contributed by atoms with van der Waals surface area (Å²) in [6, 6.07) is 6.92. The Morgan fingerprint density at radius 3 is 2.80 bits per heavy atom. The van der Waals surface area contributed by atoms with Crippen molar-refractivity contribution in [3.05, 3.63) is 59.3 Å². The maximum Gasteiger partial charge on any atom is 0.335 e. The first-order valence-corrected chi connectivity index (χ1v) is 7.66. The number of hydrogen-bond donors (Lipinski definition) is 2. The number of nitrogens with one attached hydrogen (secondary N) is 1. The number of tetrazole rings is 1. The lowest BCUT2D eigenvalue weighted by atomic mass is 9.94. The molecule has 0 radical (unpaired) electrons. The van der Waals surface area contributed by atoms with E-state index in [1.165, 1.54) is 4.68 Å². The molecule has 0 saturated carbocycles. The van der Waals surface area contributed by atoms with Crippen LogP contribution in [0.1, 0.15) is 24.4 Å². The van der Waals surface area contributed by atoms with Gasteiger partial charge in [0.2, 0.25) is 5.95 Å². The Labute approximate surface area is 142 Å². The summed E-state index contributed by atoms with van der Waals surface area (Å²) in [5, 5.41) is 24.3. The molecule has 1 atom stereocenters. The average Bonchev–Trinajstić information content (AvgIpc) is 3.21. The van der Waals surface area contributed by atoms with Crippen LogP contribution in [0.2, 0.25) is 0 Å². The summed E-state index contributed by atoms with van der Waals surface area (Å²) in [7, 11) is 0. The van der Waals surface area contributed by atoms with E-state index in [2.05, 4.69) is 25.8 Å². The Balaban J connectivity index is 1.98. The molecule has 3 aromatic rings. The van der Waals surface area contributed by atoms with Crippen LogP contribution in [0, 0.1) is 6.92 Å². The number of para-hydroxylation sites is 1. The van der Waals surface area contributed by atoms with Gasteiger partial charge in [-0.25, -0.2) is 9.78 Å². The second kappa shape index (κ2) is 5.55. The maximum atomic E-state index is 11.9. The first-order valence-electron chi connectivity index (χ1n) is 7.66. The number of anilines is 1. The van der Waals surface area contributed by atoms with Crippen LogP contribution in [0.4, 0.5) is 5.95 Å². The van der Waals surface area contributed by atoms with Gasteiger partial charge in [-0.3, -0.25) is 0 Å². The Kier molecular flexibility index (Phi) is 3.34. The lowest BCUT2D eigenvalue weighted by Gasteiger charge is -2.28. The molecule has 0 fully saturated rings. The van der Waals surface area contributed by atoms with E-state index in [0.717, 1.165) is 17.1 Å². The fraction of sp³-hybridized carbons (Fsp3) is 0.188. The third-order valence-electron chi connectivity index (χ3n) is 4.26. The van der Waals surface area contributed by atoms with Crippen molar-refractivity contribution >= 4 is 11.9 Å². The molecular formula is C16H15N7O2. The van der Waals surface area contributed by atoms with E-state index in [1.54, 1.807) is 13.1 Å². The van der Waals surface area contributed by atoms with E-state index >= 15 is 0 Å². The van der Waals surface area contributed by atoms with Crippen molar-refractivity contribution in [1.82, 2.24) is 29.8 Å². The van der Waals surface area contributed by atoms with Gasteiger partial charge in [0.05, 0.1) is 11.3 Å². The van der Waals surface area contributed by atoms with E-state index in [0.29, 0.717) is 11.6 Å². The normalized spacial score (nSPS) is 16.5. The summed E-state index contributed by atoms with van der Waals surface area (Å²) in [6.45, 7) is 3.60. The third-order valence-corrected chi connectivity index (χ3v) is 4.26. The van der Waals surface area contributed by atoms with Crippen LogP contribution in [-0.2, 0) is 4.79 Å². The summed E-state index contributed by atoms with van der Waals surface area (Å²) in [5.41, 5.74) is 2.31. The van der Waals surface area contributed by atoms with Gasteiger partial charge in [-0.05, 0) is 30.3 Å². The van der Waals surface area contributed by atoms with E-state index in [4.69, 9.17) is 0 Å². The third kappa shape index (κ3) is 2.28. The number of rotatable bonds is 3. The van der Waals surface area contributed by atoms with Crippen LogP contribution < -0.4 is 5.32 Å². The maximum absolute atomic E-state index is 11.9.